The Hall–Kier alpha value is -2.52. The Balaban J connectivity index is 1.66. The Morgan fingerprint density at radius 1 is 1.15 bits per heavy atom. The smallest absolute Gasteiger partial charge is 0.257 e. The Labute approximate surface area is 148 Å². The second kappa shape index (κ2) is 6.33. The molecule has 3 N–H and O–H groups in total. The molecule has 3 aliphatic rings. The van der Waals surface area contributed by atoms with Crippen molar-refractivity contribution in [2.75, 3.05) is 31.1 Å². The zero-order chi connectivity index (χ0) is 18.4. The number of rotatable bonds is 2. The van der Waals surface area contributed by atoms with E-state index in [-0.39, 0.29) is 24.0 Å². The Kier molecular flexibility index (Phi) is 4.12. The lowest BCUT2D eigenvalue weighted by molar-refractivity contribution is -0.139. The molecular weight excluding hydrogens is 343 g/mol. The van der Waals surface area contributed by atoms with Crippen LogP contribution >= 0.6 is 0 Å². The van der Waals surface area contributed by atoms with Crippen LogP contribution in [-0.2, 0) is 9.59 Å². The van der Waals surface area contributed by atoms with Crippen LogP contribution in [0.15, 0.2) is 12.1 Å². The lowest BCUT2D eigenvalue weighted by atomic mass is 10.0. The average Bonchev–Trinajstić information content (AvgIpc) is 2.86. The van der Waals surface area contributed by atoms with Gasteiger partial charge in [-0.2, -0.15) is 0 Å². The molecular formula is C17H19FN4O4. The molecule has 0 aliphatic carbocycles. The highest BCUT2D eigenvalue weighted by atomic mass is 19.1. The fraction of sp³-hybridized carbons (Fsp3) is 0.471. The number of piperidine rings is 1. The van der Waals surface area contributed by atoms with Crippen LogP contribution in [-0.4, -0.2) is 59.9 Å². The molecule has 8 nitrogen and oxygen atoms in total. The molecule has 1 aromatic rings. The number of halogens is 1. The molecule has 0 spiro atoms. The van der Waals surface area contributed by atoms with Crippen LogP contribution in [0.25, 0.3) is 0 Å². The van der Waals surface area contributed by atoms with Crippen molar-refractivity contribution in [2.24, 2.45) is 0 Å². The second-order valence-corrected chi connectivity index (χ2v) is 6.68. The van der Waals surface area contributed by atoms with E-state index in [0.717, 1.165) is 18.0 Å². The fourth-order valence-electron chi connectivity index (χ4n) is 3.78. The van der Waals surface area contributed by atoms with E-state index in [1.807, 2.05) is 4.90 Å². The van der Waals surface area contributed by atoms with Gasteiger partial charge in [-0.25, -0.2) is 4.39 Å². The van der Waals surface area contributed by atoms with E-state index in [1.54, 1.807) is 0 Å². The van der Waals surface area contributed by atoms with Crippen LogP contribution in [0.5, 0.6) is 0 Å². The summed E-state index contributed by atoms with van der Waals surface area (Å²) >= 11 is 0. The van der Waals surface area contributed by atoms with Gasteiger partial charge in [-0.3, -0.25) is 24.6 Å². The quantitative estimate of drug-likeness (QED) is 0.613. The molecule has 3 heterocycles. The lowest BCUT2D eigenvalue weighted by Crippen LogP contribution is -2.53. The van der Waals surface area contributed by atoms with Gasteiger partial charge >= 0.3 is 0 Å². The van der Waals surface area contributed by atoms with E-state index in [9.17, 15) is 23.9 Å². The first-order chi connectivity index (χ1) is 12.5. The molecule has 9 heteroatoms. The zero-order valence-corrected chi connectivity index (χ0v) is 14.0. The fourth-order valence-corrected chi connectivity index (χ4v) is 3.78. The number of anilines is 1. The van der Waals surface area contributed by atoms with Gasteiger partial charge in [0.1, 0.15) is 11.9 Å². The molecule has 2 fully saturated rings. The summed E-state index contributed by atoms with van der Waals surface area (Å²) < 4.78 is 14.6. The number of imide groups is 1. The average molecular weight is 362 g/mol. The van der Waals surface area contributed by atoms with Gasteiger partial charge in [0.05, 0.1) is 5.69 Å². The highest BCUT2D eigenvalue weighted by molar-refractivity contribution is 6.06. The number of aliphatic hydroxyl groups excluding tert-OH is 1. The molecule has 0 bridgehead atoms. The maximum absolute atomic E-state index is 14.6. The van der Waals surface area contributed by atoms with Gasteiger partial charge in [0.15, 0.2) is 6.23 Å². The first-order valence-electron chi connectivity index (χ1n) is 8.61. The first kappa shape index (κ1) is 16.9. The number of hydrogen-bond donors (Lipinski definition) is 3. The van der Waals surface area contributed by atoms with E-state index in [2.05, 4.69) is 10.6 Å². The molecule has 2 unspecified atom stereocenters. The second-order valence-electron chi connectivity index (χ2n) is 6.68. The summed E-state index contributed by atoms with van der Waals surface area (Å²) in [6.07, 6.45) is -1.19. The van der Waals surface area contributed by atoms with E-state index < -0.39 is 35.8 Å². The van der Waals surface area contributed by atoms with Crippen LogP contribution in [0.4, 0.5) is 10.1 Å². The molecule has 26 heavy (non-hydrogen) atoms. The van der Waals surface area contributed by atoms with Gasteiger partial charge in [0, 0.05) is 43.7 Å². The van der Waals surface area contributed by atoms with Gasteiger partial charge in [-0.1, -0.05) is 0 Å². The van der Waals surface area contributed by atoms with Crippen molar-refractivity contribution >= 4 is 23.4 Å². The van der Waals surface area contributed by atoms with Crippen LogP contribution in [0.3, 0.4) is 0 Å². The minimum atomic E-state index is -1.41. The number of hydrogen-bond acceptors (Lipinski definition) is 6. The van der Waals surface area contributed by atoms with Crippen molar-refractivity contribution in [1.82, 2.24) is 15.5 Å². The lowest BCUT2D eigenvalue weighted by Gasteiger charge is -2.31. The molecule has 2 saturated heterocycles. The predicted octanol–water partition coefficient (Wildman–Crippen LogP) is -0.513. The summed E-state index contributed by atoms with van der Waals surface area (Å²) in [5, 5.41) is 15.9. The highest BCUT2D eigenvalue weighted by Crippen LogP contribution is 2.38. The monoisotopic (exact) mass is 362 g/mol. The summed E-state index contributed by atoms with van der Waals surface area (Å²) in [6, 6.07) is 1.67. The number of carbonyl (C=O) groups is 3. The van der Waals surface area contributed by atoms with Crippen LogP contribution in [0.2, 0.25) is 0 Å². The Bertz CT molecular complexity index is 793. The standard InChI is InChI=1S/C17H19FN4O4/c18-11-7-9-10(8-13(11)21-5-3-19-4-6-21)17(26)22(16(9)25)12-1-2-14(23)20-15(12)24/h7-8,12,16,19,25H,1-6H2,(H,20,23,24). The zero-order valence-electron chi connectivity index (χ0n) is 14.0. The minimum Gasteiger partial charge on any atom is -0.369 e. The van der Waals surface area contributed by atoms with E-state index >= 15 is 0 Å². The van der Waals surface area contributed by atoms with E-state index in [4.69, 9.17) is 0 Å². The molecule has 3 amide bonds. The highest BCUT2D eigenvalue weighted by Gasteiger charge is 2.45. The summed E-state index contributed by atoms with van der Waals surface area (Å²) in [7, 11) is 0. The number of nitrogens with zero attached hydrogens (tertiary/aromatic N) is 2. The third-order valence-electron chi connectivity index (χ3n) is 5.13. The van der Waals surface area contributed by atoms with Crippen molar-refractivity contribution in [3.8, 4) is 0 Å². The molecule has 4 rings (SSSR count). The van der Waals surface area contributed by atoms with Crippen LogP contribution < -0.4 is 15.5 Å². The first-order valence-corrected chi connectivity index (χ1v) is 8.61. The normalized spacial score (nSPS) is 26.2. The number of nitrogens with one attached hydrogen (secondary N) is 2. The largest absolute Gasteiger partial charge is 0.369 e. The number of carbonyl (C=O) groups excluding carboxylic acids is 3. The van der Waals surface area contributed by atoms with Crippen molar-refractivity contribution in [2.45, 2.75) is 25.1 Å². The van der Waals surface area contributed by atoms with E-state index in [1.165, 1.54) is 12.1 Å². The van der Waals surface area contributed by atoms with Crippen molar-refractivity contribution in [1.29, 1.82) is 0 Å². The van der Waals surface area contributed by atoms with Gasteiger partial charge in [-0.05, 0) is 18.6 Å². The molecule has 1 aromatic carbocycles. The summed E-state index contributed by atoms with van der Waals surface area (Å²) in [5.74, 6) is -2.07. The molecule has 0 radical (unpaired) electrons. The third kappa shape index (κ3) is 2.63. The number of benzene rings is 1. The van der Waals surface area contributed by atoms with E-state index in [0.29, 0.717) is 18.8 Å². The molecule has 0 aromatic heterocycles. The van der Waals surface area contributed by atoms with Crippen molar-refractivity contribution in [3.63, 3.8) is 0 Å². The van der Waals surface area contributed by atoms with Crippen molar-refractivity contribution in [3.05, 3.63) is 29.1 Å². The van der Waals surface area contributed by atoms with Crippen molar-refractivity contribution < 1.29 is 23.9 Å². The summed E-state index contributed by atoms with van der Waals surface area (Å²) in [5.41, 5.74) is 0.657. The molecule has 138 valence electrons. The van der Waals surface area contributed by atoms with Gasteiger partial charge < -0.3 is 15.3 Å². The predicted molar refractivity (Wildman–Crippen MR) is 88.8 cm³/mol. The van der Waals surface area contributed by atoms with Gasteiger partial charge in [-0.15, -0.1) is 0 Å². The van der Waals surface area contributed by atoms with Gasteiger partial charge in [0.2, 0.25) is 11.8 Å². The maximum atomic E-state index is 14.6. The molecule has 3 aliphatic heterocycles. The van der Waals surface area contributed by atoms with Gasteiger partial charge in [0.25, 0.3) is 5.91 Å². The molecule has 2 atom stereocenters. The Morgan fingerprint density at radius 3 is 2.58 bits per heavy atom. The van der Waals surface area contributed by atoms with Crippen LogP contribution in [0.1, 0.15) is 35.0 Å². The summed E-state index contributed by atoms with van der Waals surface area (Å²) in [6.45, 7) is 2.66. The maximum Gasteiger partial charge on any atom is 0.257 e. The minimum absolute atomic E-state index is 0.0869. The summed E-state index contributed by atoms with van der Waals surface area (Å²) in [4.78, 5) is 39.1. The number of piperazine rings is 1. The molecule has 0 saturated carbocycles. The topological polar surface area (TPSA) is 102 Å². The third-order valence-corrected chi connectivity index (χ3v) is 5.13. The van der Waals surface area contributed by atoms with Crippen LogP contribution in [0, 0.1) is 5.82 Å². The number of amides is 3. The number of fused-ring (bicyclic) bond motifs is 1. The Morgan fingerprint density at radius 2 is 1.88 bits per heavy atom. The number of aliphatic hydroxyl groups is 1. The SMILES string of the molecule is O=C1CCC(N2C(=O)c3cc(N4CCNCC4)c(F)cc3C2O)C(=O)N1.